The summed E-state index contributed by atoms with van der Waals surface area (Å²) in [5.41, 5.74) is 1.17. The number of carbonyl (C=O) groups is 4. The van der Waals surface area contributed by atoms with E-state index < -0.39 is 0 Å². The van der Waals surface area contributed by atoms with E-state index in [2.05, 4.69) is 17.5 Å². The molecular weight excluding hydrogens is 356 g/mol. The molecule has 0 aromatic heterocycles. The number of likely N-dealkylation sites (tertiary alicyclic amines) is 1. The maximum atomic E-state index is 12.9. The number of rotatable bonds is 5. The summed E-state index contributed by atoms with van der Waals surface area (Å²) in [5, 5.41) is 2.76. The predicted octanol–water partition coefficient (Wildman–Crippen LogP) is 2.27. The Morgan fingerprint density at radius 3 is 2.11 bits per heavy atom. The molecule has 6 atom stereocenters. The Balaban J connectivity index is 1.21. The third kappa shape index (κ3) is 2.54. The van der Waals surface area contributed by atoms with Gasteiger partial charge in [0.25, 0.3) is 0 Å². The molecule has 0 unspecified atom stereocenters. The highest BCUT2D eigenvalue weighted by molar-refractivity contribution is 6.06. The number of anilines is 1. The first-order valence-electron chi connectivity index (χ1n) is 9.90. The van der Waals surface area contributed by atoms with Gasteiger partial charge in [-0.05, 0) is 61.3 Å². The summed E-state index contributed by atoms with van der Waals surface area (Å²) in [4.78, 5) is 50.7. The number of ketones is 1. The van der Waals surface area contributed by atoms with Gasteiger partial charge in [0.15, 0.2) is 5.78 Å². The minimum atomic E-state index is -0.255. The van der Waals surface area contributed by atoms with Gasteiger partial charge in [-0.2, -0.15) is 0 Å². The number of carbonyl (C=O) groups excluding carboxylic acids is 4. The number of imide groups is 1. The Labute approximate surface area is 163 Å². The average molecular weight is 378 g/mol. The van der Waals surface area contributed by atoms with Crippen molar-refractivity contribution < 1.29 is 19.2 Å². The van der Waals surface area contributed by atoms with Crippen LogP contribution in [0.3, 0.4) is 0 Å². The van der Waals surface area contributed by atoms with Crippen LogP contribution in [0.15, 0.2) is 36.4 Å². The Hall–Kier alpha value is -2.76. The predicted molar refractivity (Wildman–Crippen MR) is 101 cm³/mol. The summed E-state index contributed by atoms with van der Waals surface area (Å²) >= 11 is 0. The highest BCUT2D eigenvalue weighted by Gasteiger charge is 2.66. The van der Waals surface area contributed by atoms with E-state index in [1.54, 1.807) is 24.3 Å². The third-order valence-corrected chi connectivity index (χ3v) is 6.89. The summed E-state index contributed by atoms with van der Waals surface area (Å²) in [7, 11) is 0. The van der Waals surface area contributed by atoms with Crippen molar-refractivity contribution in [3.63, 3.8) is 0 Å². The number of nitrogens with zero attached hydrogens (tertiary/aromatic N) is 1. The normalized spacial score (nSPS) is 34.2. The molecule has 6 nitrogen and oxygen atoms in total. The molecule has 4 aliphatic carbocycles. The average Bonchev–Trinajstić information content (AvgIpc) is 3.46. The van der Waals surface area contributed by atoms with Gasteiger partial charge in [-0.25, -0.2) is 0 Å². The van der Waals surface area contributed by atoms with Gasteiger partial charge in [0.05, 0.1) is 11.8 Å². The van der Waals surface area contributed by atoms with Crippen LogP contribution in [-0.4, -0.2) is 34.9 Å². The van der Waals surface area contributed by atoms with Crippen LogP contribution in [0, 0.1) is 35.5 Å². The van der Waals surface area contributed by atoms with Crippen LogP contribution >= 0.6 is 0 Å². The molecule has 0 radical (unpaired) electrons. The van der Waals surface area contributed by atoms with Gasteiger partial charge in [0, 0.05) is 24.2 Å². The fourth-order valence-corrected chi connectivity index (χ4v) is 5.46. The fraction of sp³-hybridized carbons (Fsp3) is 0.455. The molecule has 1 saturated heterocycles. The van der Waals surface area contributed by atoms with Crippen molar-refractivity contribution in [2.24, 2.45) is 35.5 Å². The first kappa shape index (κ1) is 17.3. The quantitative estimate of drug-likeness (QED) is 0.484. The van der Waals surface area contributed by atoms with Crippen molar-refractivity contribution in [3.8, 4) is 0 Å². The van der Waals surface area contributed by atoms with Crippen LogP contribution in [0.25, 0.3) is 0 Å². The van der Waals surface area contributed by atoms with E-state index in [9.17, 15) is 19.2 Å². The molecule has 1 heterocycles. The zero-order valence-electron chi connectivity index (χ0n) is 15.6. The summed E-state index contributed by atoms with van der Waals surface area (Å²) in [6.07, 6.45) is 5.50. The molecule has 1 aromatic carbocycles. The van der Waals surface area contributed by atoms with Crippen molar-refractivity contribution in [2.45, 2.75) is 19.8 Å². The molecule has 3 amide bonds. The lowest BCUT2D eigenvalue weighted by atomic mass is 9.63. The van der Waals surface area contributed by atoms with Crippen molar-refractivity contribution >= 4 is 29.2 Å². The summed E-state index contributed by atoms with van der Waals surface area (Å²) in [6.45, 7) is 1.61. The second-order valence-electron chi connectivity index (χ2n) is 8.41. The van der Waals surface area contributed by atoms with E-state index in [0.29, 0.717) is 23.1 Å². The van der Waals surface area contributed by atoms with Crippen LogP contribution in [0.1, 0.15) is 30.1 Å². The number of hydrogen-bond donors (Lipinski definition) is 1. The zero-order chi connectivity index (χ0) is 19.6. The summed E-state index contributed by atoms with van der Waals surface area (Å²) < 4.78 is 0. The smallest absolute Gasteiger partial charge is 0.233 e. The third-order valence-electron chi connectivity index (χ3n) is 6.89. The van der Waals surface area contributed by atoms with Crippen molar-refractivity contribution in [2.75, 3.05) is 11.9 Å². The number of amides is 3. The largest absolute Gasteiger partial charge is 0.326 e. The number of hydrogen-bond acceptors (Lipinski definition) is 4. The molecule has 0 spiro atoms. The molecule has 1 aliphatic heterocycles. The molecule has 1 aromatic rings. The first-order chi connectivity index (χ1) is 13.5. The first-order valence-corrected chi connectivity index (χ1v) is 9.90. The van der Waals surface area contributed by atoms with E-state index in [1.165, 1.54) is 11.8 Å². The van der Waals surface area contributed by atoms with Crippen molar-refractivity contribution in [1.82, 2.24) is 4.90 Å². The van der Waals surface area contributed by atoms with Gasteiger partial charge in [0.1, 0.15) is 0 Å². The van der Waals surface area contributed by atoms with Crippen molar-refractivity contribution in [1.29, 1.82) is 0 Å². The number of nitrogens with one attached hydrogen (secondary N) is 1. The minimum absolute atomic E-state index is 0.0357. The minimum Gasteiger partial charge on any atom is -0.326 e. The van der Waals surface area contributed by atoms with Crippen LogP contribution < -0.4 is 5.32 Å². The van der Waals surface area contributed by atoms with E-state index in [1.807, 2.05) is 0 Å². The molecule has 6 rings (SSSR count). The maximum absolute atomic E-state index is 12.9. The van der Waals surface area contributed by atoms with E-state index in [0.717, 1.165) is 6.42 Å². The lowest BCUT2D eigenvalue weighted by molar-refractivity contribution is -0.140. The Kier molecular flexibility index (Phi) is 3.79. The van der Waals surface area contributed by atoms with Gasteiger partial charge >= 0.3 is 0 Å². The van der Waals surface area contributed by atoms with Crippen LogP contribution in [-0.2, 0) is 14.4 Å². The maximum Gasteiger partial charge on any atom is 0.233 e. The molecule has 144 valence electrons. The monoisotopic (exact) mass is 378 g/mol. The van der Waals surface area contributed by atoms with Gasteiger partial charge in [0.2, 0.25) is 17.7 Å². The van der Waals surface area contributed by atoms with E-state index in [-0.39, 0.29) is 60.1 Å². The van der Waals surface area contributed by atoms with E-state index in [4.69, 9.17) is 0 Å². The molecule has 2 saturated carbocycles. The lowest BCUT2D eigenvalue weighted by Gasteiger charge is -2.37. The SMILES string of the molecule is CC(=O)c1ccc(NC(=O)CCN2C(=O)[C@@H]3[C@H]4C=C[C@@H]([C@@H]5C[C@H]45)[C@@H]3C2=O)cc1. The van der Waals surface area contributed by atoms with Crippen LogP contribution in [0.5, 0.6) is 0 Å². The van der Waals surface area contributed by atoms with Crippen molar-refractivity contribution in [3.05, 3.63) is 42.0 Å². The molecule has 5 aliphatic rings. The second kappa shape index (κ2) is 6.12. The van der Waals surface area contributed by atoms with Gasteiger partial charge < -0.3 is 5.32 Å². The molecular formula is C22H22N2O4. The summed E-state index contributed by atoms with van der Waals surface area (Å²) in [6, 6.07) is 6.66. The zero-order valence-corrected chi connectivity index (χ0v) is 15.6. The standard InChI is InChI=1S/C22H22N2O4/c1-11(25)12-2-4-13(5-3-12)23-18(26)8-9-24-21(27)19-14-6-7-15(17-10-16(14)17)20(19)22(24)28/h2-7,14-17,19-20H,8-10H2,1H3,(H,23,26)/t14-,15-,16-,17+,19-,20+/m0/s1. The lowest BCUT2D eigenvalue weighted by Crippen LogP contribution is -2.40. The molecule has 2 bridgehead atoms. The Morgan fingerprint density at radius 2 is 1.57 bits per heavy atom. The number of allylic oxidation sites excluding steroid dienone is 2. The Bertz CT molecular complexity index is 883. The molecule has 6 heteroatoms. The summed E-state index contributed by atoms with van der Waals surface area (Å²) in [5.74, 6) is 0.647. The Morgan fingerprint density at radius 1 is 1.00 bits per heavy atom. The van der Waals surface area contributed by atoms with Gasteiger partial charge in [-0.15, -0.1) is 0 Å². The van der Waals surface area contributed by atoms with Crippen LogP contribution in [0.4, 0.5) is 5.69 Å². The molecule has 1 N–H and O–H groups in total. The molecule has 28 heavy (non-hydrogen) atoms. The second-order valence-corrected chi connectivity index (χ2v) is 8.41. The topological polar surface area (TPSA) is 83.6 Å². The van der Waals surface area contributed by atoms with Crippen LogP contribution in [0.2, 0.25) is 0 Å². The van der Waals surface area contributed by atoms with E-state index >= 15 is 0 Å². The highest BCUT2D eigenvalue weighted by atomic mass is 16.2. The number of Topliss-reactive ketones (excluding diaryl/α,β-unsaturated/α-hetero) is 1. The van der Waals surface area contributed by atoms with Gasteiger partial charge in [-0.3, -0.25) is 24.1 Å². The fourth-order valence-electron chi connectivity index (χ4n) is 5.46. The number of benzene rings is 1. The highest BCUT2D eigenvalue weighted by Crippen LogP contribution is 2.65. The van der Waals surface area contributed by atoms with Gasteiger partial charge in [-0.1, -0.05) is 12.2 Å². The molecule has 3 fully saturated rings.